The summed E-state index contributed by atoms with van der Waals surface area (Å²) in [4.78, 5) is 2.49. The van der Waals surface area contributed by atoms with Gasteiger partial charge in [-0.15, -0.1) is 0 Å². The molecule has 0 N–H and O–H groups in total. The Labute approximate surface area is 390 Å². The van der Waals surface area contributed by atoms with Gasteiger partial charge >= 0.3 is 0 Å². The summed E-state index contributed by atoms with van der Waals surface area (Å²) in [5, 5.41) is 4.57. The number of anilines is 3. The molecule has 2 heteroatoms. The van der Waals surface area contributed by atoms with Gasteiger partial charge < -0.3 is 9.32 Å². The van der Waals surface area contributed by atoms with E-state index in [1.165, 1.54) is 60.8 Å². The summed E-state index contributed by atoms with van der Waals surface area (Å²) in [5.74, 6) is 0. The summed E-state index contributed by atoms with van der Waals surface area (Å²) in [5.41, 5.74) is 18.9. The molecule has 0 fully saturated rings. The Bertz CT molecular complexity index is 3770. The number of rotatable bonds is 8. The largest absolute Gasteiger partial charge is 0.456 e. The Morgan fingerprint density at radius 2 is 0.821 bits per heavy atom. The Morgan fingerprint density at radius 3 is 1.57 bits per heavy atom. The first kappa shape index (κ1) is 38.7. The fourth-order valence-corrected chi connectivity index (χ4v) is 11.2. The first-order valence-electron chi connectivity index (χ1n) is 23.1. The summed E-state index contributed by atoms with van der Waals surface area (Å²) in [6, 6.07) is 95.1. The van der Waals surface area contributed by atoms with Crippen LogP contribution in [0.1, 0.15) is 22.3 Å². The van der Waals surface area contributed by atoms with Crippen molar-refractivity contribution in [2.24, 2.45) is 0 Å². The summed E-state index contributed by atoms with van der Waals surface area (Å²) in [6.07, 6.45) is 0. The van der Waals surface area contributed by atoms with E-state index in [0.717, 1.165) is 55.7 Å². The van der Waals surface area contributed by atoms with Crippen molar-refractivity contribution in [3.05, 3.63) is 283 Å². The van der Waals surface area contributed by atoms with Gasteiger partial charge in [0.1, 0.15) is 11.2 Å². The lowest BCUT2D eigenvalue weighted by Gasteiger charge is -2.34. The van der Waals surface area contributed by atoms with Gasteiger partial charge in [0, 0.05) is 16.5 Å². The molecule has 2 nitrogen and oxygen atoms in total. The number of hydrogen-bond donors (Lipinski definition) is 0. The van der Waals surface area contributed by atoms with E-state index in [0.29, 0.717) is 0 Å². The molecule has 0 saturated carbocycles. The van der Waals surface area contributed by atoms with Crippen LogP contribution in [-0.4, -0.2) is 0 Å². The van der Waals surface area contributed by atoms with E-state index in [2.05, 4.69) is 266 Å². The molecule has 12 aromatic rings. The van der Waals surface area contributed by atoms with E-state index in [4.69, 9.17) is 4.42 Å². The zero-order valence-electron chi connectivity index (χ0n) is 36.7. The molecular weight excluding hydrogens is 811 g/mol. The first-order chi connectivity index (χ1) is 33.3. The van der Waals surface area contributed by atoms with Gasteiger partial charge in [0.25, 0.3) is 0 Å². The van der Waals surface area contributed by atoms with E-state index in [1.807, 2.05) is 0 Å². The summed E-state index contributed by atoms with van der Waals surface area (Å²) >= 11 is 0. The second kappa shape index (κ2) is 15.8. The van der Waals surface area contributed by atoms with Gasteiger partial charge in [0.2, 0.25) is 0 Å². The molecule has 0 radical (unpaired) electrons. The van der Waals surface area contributed by atoms with Crippen LogP contribution < -0.4 is 4.90 Å². The Morgan fingerprint density at radius 1 is 0.299 bits per heavy atom. The summed E-state index contributed by atoms with van der Waals surface area (Å²) < 4.78 is 6.63. The van der Waals surface area contributed by atoms with Gasteiger partial charge in [0.05, 0.1) is 27.9 Å². The van der Waals surface area contributed by atoms with Gasteiger partial charge in [-0.2, -0.15) is 0 Å². The lowest BCUT2D eigenvalue weighted by atomic mass is 9.67. The highest BCUT2D eigenvalue weighted by atomic mass is 16.3. The molecule has 1 aliphatic carbocycles. The fraction of sp³-hybridized carbons (Fsp3) is 0.0154. The molecule has 0 saturated heterocycles. The quantitative estimate of drug-likeness (QED) is 0.151. The van der Waals surface area contributed by atoms with Crippen LogP contribution >= 0.6 is 0 Å². The molecule has 0 unspecified atom stereocenters. The van der Waals surface area contributed by atoms with Crippen molar-refractivity contribution in [3.8, 4) is 44.5 Å². The number of benzene rings is 11. The third-order valence-corrected chi connectivity index (χ3v) is 14.0. The molecule has 11 aromatic carbocycles. The zero-order valence-corrected chi connectivity index (χ0v) is 36.7. The summed E-state index contributed by atoms with van der Waals surface area (Å²) in [6.45, 7) is 0. The number of furan rings is 1. The standard InChI is InChI=1S/C65H43NO/c1-4-21-44(22-5-1)50-33-18-23-45-24-19-34-54(63(45)50)53-31-12-16-37-59(53)66(60-38-20-40-62-64(60)55-32-13-17-39-61(55)67-62)58-36-15-11-29-49(58)46-41-42-52-51-30-10-14-35-56(51)65(57(52)43-46,47-25-6-2-7-26-47)48-27-8-3-9-28-48/h1-43H. The van der Waals surface area contributed by atoms with Crippen LogP contribution in [-0.2, 0) is 5.41 Å². The van der Waals surface area contributed by atoms with E-state index in [-0.39, 0.29) is 0 Å². The zero-order chi connectivity index (χ0) is 44.3. The topological polar surface area (TPSA) is 16.4 Å². The normalized spacial score (nSPS) is 12.6. The lowest BCUT2D eigenvalue weighted by Crippen LogP contribution is -2.28. The minimum absolute atomic E-state index is 0.530. The Kier molecular flexibility index (Phi) is 9.11. The monoisotopic (exact) mass is 853 g/mol. The van der Waals surface area contributed by atoms with Crippen LogP contribution in [0, 0.1) is 0 Å². The number of nitrogens with zero attached hydrogens (tertiary/aromatic N) is 1. The number of para-hydroxylation sites is 3. The molecular formula is C65H43NO. The average molecular weight is 854 g/mol. The molecule has 0 atom stereocenters. The maximum atomic E-state index is 6.63. The van der Waals surface area contributed by atoms with Crippen LogP contribution in [0.2, 0.25) is 0 Å². The Hall–Kier alpha value is -8.72. The van der Waals surface area contributed by atoms with Crippen LogP contribution in [0.3, 0.4) is 0 Å². The van der Waals surface area contributed by atoms with E-state index < -0.39 is 5.41 Å². The predicted molar refractivity (Wildman–Crippen MR) is 280 cm³/mol. The van der Waals surface area contributed by atoms with Crippen molar-refractivity contribution in [2.75, 3.05) is 4.90 Å². The second-order valence-corrected chi connectivity index (χ2v) is 17.5. The third-order valence-electron chi connectivity index (χ3n) is 14.0. The highest BCUT2D eigenvalue weighted by molar-refractivity contribution is 6.15. The highest BCUT2D eigenvalue weighted by Crippen LogP contribution is 2.57. The average Bonchev–Trinajstić information content (AvgIpc) is 3.94. The van der Waals surface area contributed by atoms with E-state index >= 15 is 0 Å². The van der Waals surface area contributed by atoms with Crippen molar-refractivity contribution < 1.29 is 4.42 Å². The third kappa shape index (κ3) is 6.04. The van der Waals surface area contributed by atoms with Crippen molar-refractivity contribution in [1.29, 1.82) is 0 Å². The lowest BCUT2D eigenvalue weighted by molar-refractivity contribution is 0.669. The molecule has 13 rings (SSSR count). The van der Waals surface area contributed by atoms with E-state index in [9.17, 15) is 0 Å². The van der Waals surface area contributed by atoms with Gasteiger partial charge in [-0.25, -0.2) is 0 Å². The molecule has 314 valence electrons. The maximum absolute atomic E-state index is 6.63. The van der Waals surface area contributed by atoms with Gasteiger partial charge in [-0.1, -0.05) is 224 Å². The molecule has 1 heterocycles. The molecule has 1 aliphatic rings. The molecule has 0 spiro atoms. The molecule has 0 amide bonds. The number of hydrogen-bond acceptors (Lipinski definition) is 2. The minimum atomic E-state index is -0.530. The molecule has 0 aliphatic heterocycles. The minimum Gasteiger partial charge on any atom is -0.456 e. The van der Waals surface area contributed by atoms with Crippen LogP contribution in [0.5, 0.6) is 0 Å². The van der Waals surface area contributed by atoms with Crippen molar-refractivity contribution in [1.82, 2.24) is 0 Å². The van der Waals surface area contributed by atoms with Crippen LogP contribution in [0.15, 0.2) is 265 Å². The van der Waals surface area contributed by atoms with Crippen LogP contribution in [0.25, 0.3) is 77.2 Å². The maximum Gasteiger partial charge on any atom is 0.137 e. The SMILES string of the molecule is c1ccc(-c2cccc3cccc(-c4ccccc4N(c4ccccc4-c4ccc5c(c4)C(c4ccccc4)(c4ccccc4)c4ccccc4-5)c4cccc5oc6ccccc6c45)c23)cc1. The fourth-order valence-electron chi connectivity index (χ4n) is 11.2. The molecule has 1 aromatic heterocycles. The first-order valence-corrected chi connectivity index (χ1v) is 23.1. The Balaban J connectivity index is 1.10. The summed E-state index contributed by atoms with van der Waals surface area (Å²) in [7, 11) is 0. The van der Waals surface area contributed by atoms with Crippen molar-refractivity contribution in [3.63, 3.8) is 0 Å². The molecule has 67 heavy (non-hydrogen) atoms. The number of fused-ring (bicyclic) bond motifs is 7. The van der Waals surface area contributed by atoms with Gasteiger partial charge in [-0.05, 0) is 103 Å². The van der Waals surface area contributed by atoms with Gasteiger partial charge in [0.15, 0.2) is 0 Å². The highest BCUT2D eigenvalue weighted by Gasteiger charge is 2.46. The molecule has 0 bridgehead atoms. The van der Waals surface area contributed by atoms with Crippen molar-refractivity contribution >= 4 is 49.8 Å². The smallest absolute Gasteiger partial charge is 0.137 e. The van der Waals surface area contributed by atoms with Crippen molar-refractivity contribution in [2.45, 2.75) is 5.41 Å². The predicted octanol–water partition coefficient (Wildman–Crippen LogP) is 17.6. The van der Waals surface area contributed by atoms with Crippen LogP contribution in [0.4, 0.5) is 17.1 Å². The second-order valence-electron chi connectivity index (χ2n) is 17.5. The van der Waals surface area contributed by atoms with E-state index in [1.54, 1.807) is 0 Å². The van der Waals surface area contributed by atoms with Gasteiger partial charge in [-0.3, -0.25) is 0 Å².